The average molecular weight is 802 g/mol. The lowest BCUT2D eigenvalue weighted by Crippen LogP contribution is -2.72. The summed E-state index contributed by atoms with van der Waals surface area (Å²) in [5, 5.41) is 5.05. The number of rotatable bonds is 6. The Morgan fingerprint density at radius 2 is 0.787 bits per heavy atom. The second-order valence-electron chi connectivity index (χ2n) is 16.3. The fraction of sp³-hybridized carbons (Fsp3) is 0.105. The number of hydrogen-bond acceptors (Lipinski definition) is 3. The van der Waals surface area contributed by atoms with E-state index in [9.17, 15) is 5.48 Å². The van der Waals surface area contributed by atoms with Gasteiger partial charge in [0.05, 0.1) is 0 Å². The maximum absolute atomic E-state index is 9.59. The van der Waals surface area contributed by atoms with Crippen LogP contribution in [0.5, 0.6) is 0 Å². The SMILES string of the molecule is [2H]C1([2H])CCCC([2H])([2H])C12c1ccccc1-c1ccc(-c3ccc4c(c3)[Si](c3ccccc3)(c3ccccc3)c3cc(-c5nc(-c6ccccc6)nc(-c6ccccc6)n5)ccc3-4)cc12. The standard InChI is InChI=1S/C57H43N3Si/c1-6-18-39(19-7-1)54-58-55(40-20-8-2-9-21-40)60-56(59-54)43-30-33-49-48-32-29-42(37-52(48)61(53(49)38-43,44-22-10-3-11-23-44)45-24-12-4-13-25-45)41-28-31-47-46-26-14-15-27-50(46)57(51(47)36-41)34-16-5-17-35-57/h1-4,6-15,18-33,36-38H,5,16-17,34-35H2/i34D2,35D2. The predicted octanol–water partition coefficient (Wildman–Crippen LogP) is 11.1. The first-order chi connectivity index (χ1) is 31.7. The van der Waals surface area contributed by atoms with Crippen molar-refractivity contribution in [2.24, 2.45) is 0 Å². The van der Waals surface area contributed by atoms with E-state index in [4.69, 9.17) is 15.0 Å². The maximum Gasteiger partial charge on any atom is 0.180 e. The predicted molar refractivity (Wildman–Crippen MR) is 253 cm³/mol. The molecule has 4 heteroatoms. The van der Waals surface area contributed by atoms with Crippen LogP contribution < -0.4 is 20.7 Å². The molecule has 1 aromatic heterocycles. The molecule has 0 bridgehead atoms. The Morgan fingerprint density at radius 3 is 1.36 bits per heavy atom. The van der Waals surface area contributed by atoms with E-state index in [1.807, 2.05) is 84.9 Å². The molecule has 0 radical (unpaired) electrons. The monoisotopic (exact) mass is 801 g/mol. The molecule has 0 unspecified atom stereocenters. The Balaban J connectivity index is 1.08. The van der Waals surface area contributed by atoms with Gasteiger partial charge in [-0.1, -0.05) is 213 Å². The van der Waals surface area contributed by atoms with Gasteiger partial charge in [0.15, 0.2) is 25.5 Å². The van der Waals surface area contributed by atoms with Gasteiger partial charge in [-0.25, -0.2) is 15.0 Å². The highest BCUT2D eigenvalue weighted by Gasteiger charge is 2.49. The molecular weight excluding hydrogens is 755 g/mol. The molecule has 1 spiro atoms. The van der Waals surface area contributed by atoms with Crippen LogP contribution in [0.2, 0.25) is 0 Å². The molecule has 0 amide bonds. The van der Waals surface area contributed by atoms with Gasteiger partial charge in [0.2, 0.25) is 0 Å². The zero-order valence-electron chi connectivity index (χ0n) is 37.5. The Labute approximate surface area is 364 Å². The van der Waals surface area contributed by atoms with Gasteiger partial charge in [-0.3, -0.25) is 0 Å². The minimum Gasteiger partial charge on any atom is -0.208 e. The number of fused-ring (bicyclic) bond motifs is 8. The van der Waals surface area contributed by atoms with Crippen molar-refractivity contribution in [2.45, 2.75) is 37.4 Å². The molecule has 1 fully saturated rings. The zero-order valence-corrected chi connectivity index (χ0v) is 34.5. The average Bonchev–Trinajstić information content (AvgIpc) is 3.82. The highest BCUT2D eigenvalue weighted by Crippen LogP contribution is 2.56. The maximum atomic E-state index is 9.59. The molecule has 12 rings (SSSR count). The number of benzene rings is 8. The van der Waals surface area contributed by atoms with E-state index in [0.29, 0.717) is 36.7 Å². The van der Waals surface area contributed by atoms with Crippen molar-refractivity contribution in [3.8, 4) is 67.5 Å². The lowest BCUT2D eigenvalue weighted by molar-refractivity contribution is 0.353. The van der Waals surface area contributed by atoms with Gasteiger partial charge in [0.1, 0.15) is 0 Å². The summed E-state index contributed by atoms with van der Waals surface area (Å²) in [5.41, 5.74) is 8.99. The summed E-state index contributed by atoms with van der Waals surface area (Å²) in [6.45, 7) is 0. The topological polar surface area (TPSA) is 38.7 Å². The Kier molecular flexibility index (Phi) is 7.48. The van der Waals surface area contributed by atoms with Crippen molar-refractivity contribution in [2.75, 3.05) is 0 Å². The zero-order chi connectivity index (χ0) is 44.0. The highest BCUT2D eigenvalue weighted by molar-refractivity contribution is 7.22. The molecule has 1 aliphatic heterocycles. The summed E-state index contributed by atoms with van der Waals surface area (Å²) in [6, 6.07) is 69.9. The van der Waals surface area contributed by atoms with Crippen LogP contribution in [-0.2, 0) is 5.41 Å². The molecule has 3 nitrogen and oxygen atoms in total. The smallest absolute Gasteiger partial charge is 0.180 e. The molecule has 0 atom stereocenters. The minimum atomic E-state index is -3.06. The van der Waals surface area contributed by atoms with Crippen LogP contribution in [0.25, 0.3) is 67.5 Å². The molecule has 61 heavy (non-hydrogen) atoms. The summed E-state index contributed by atoms with van der Waals surface area (Å²) in [4.78, 5) is 15.3. The number of hydrogen-bond donors (Lipinski definition) is 0. The van der Waals surface area contributed by atoms with Crippen molar-refractivity contribution in [3.05, 3.63) is 211 Å². The summed E-state index contributed by atoms with van der Waals surface area (Å²) in [5.74, 6) is 1.84. The molecule has 8 aromatic carbocycles. The minimum absolute atomic E-state index is 0.303. The van der Waals surface area contributed by atoms with Gasteiger partial charge in [-0.2, -0.15) is 0 Å². The Bertz CT molecular complexity index is 3190. The van der Waals surface area contributed by atoms with Gasteiger partial charge in [0, 0.05) is 27.6 Å². The normalized spacial score (nSPS) is 17.8. The van der Waals surface area contributed by atoms with E-state index in [-0.39, 0.29) is 0 Å². The lowest BCUT2D eigenvalue weighted by Gasteiger charge is -2.36. The first kappa shape index (κ1) is 31.8. The molecule has 3 aliphatic rings. The van der Waals surface area contributed by atoms with E-state index in [1.165, 1.54) is 31.9 Å². The van der Waals surface area contributed by atoms with Gasteiger partial charge in [0.25, 0.3) is 0 Å². The second-order valence-corrected chi connectivity index (χ2v) is 20.0. The van der Waals surface area contributed by atoms with Crippen molar-refractivity contribution in [1.29, 1.82) is 0 Å². The molecule has 0 N–H and O–H groups in total. The van der Waals surface area contributed by atoms with E-state index >= 15 is 0 Å². The van der Waals surface area contributed by atoms with Gasteiger partial charge >= 0.3 is 0 Å². The second kappa shape index (κ2) is 14.3. The Morgan fingerprint density at radius 1 is 0.361 bits per heavy atom. The number of aromatic nitrogens is 3. The molecule has 9 aromatic rings. The van der Waals surface area contributed by atoms with Crippen molar-refractivity contribution < 1.29 is 5.48 Å². The van der Waals surface area contributed by atoms with Gasteiger partial charge < -0.3 is 0 Å². The van der Waals surface area contributed by atoms with E-state index < -0.39 is 26.2 Å². The van der Waals surface area contributed by atoms with Crippen molar-refractivity contribution in [3.63, 3.8) is 0 Å². The van der Waals surface area contributed by atoms with E-state index in [2.05, 4.69) is 115 Å². The fourth-order valence-electron chi connectivity index (χ4n) is 10.3. The fourth-order valence-corrected chi connectivity index (χ4v) is 15.5. The molecule has 2 aliphatic carbocycles. The van der Waals surface area contributed by atoms with Crippen LogP contribution in [0, 0.1) is 0 Å². The third-order valence-corrected chi connectivity index (χ3v) is 17.9. The summed E-state index contributed by atoms with van der Waals surface area (Å²) in [6.07, 6.45) is -2.48. The molecular formula is C57H43N3Si. The van der Waals surface area contributed by atoms with Crippen molar-refractivity contribution >= 4 is 28.8 Å². The largest absolute Gasteiger partial charge is 0.208 e. The van der Waals surface area contributed by atoms with Crippen LogP contribution in [-0.4, -0.2) is 23.0 Å². The van der Waals surface area contributed by atoms with Crippen LogP contribution in [0.15, 0.2) is 200 Å². The molecule has 1 saturated carbocycles. The van der Waals surface area contributed by atoms with Crippen LogP contribution in [0.4, 0.5) is 0 Å². The summed E-state index contributed by atoms with van der Waals surface area (Å²) in [7, 11) is -3.06. The van der Waals surface area contributed by atoms with E-state index in [1.54, 1.807) is 0 Å². The van der Waals surface area contributed by atoms with Crippen LogP contribution >= 0.6 is 0 Å². The third-order valence-electron chi connectivity index (χ3n) is 13.0. The van der Waals surface area contributed by atoms with Gasteiger partial charge in [-0.15, -0.1) is 0 Å². The first-order valence-electron chi connectivity index (χ1n) is 23.2. The quantitative estimate of drug-likeness (QED) is 0.157. The highest BCUT2D eigenvalue weighted by atomic mass is 28.3. The lowest BCUT2D eigenvalue weighted by atomic mass is 9.67. The molecule has 0 saturated heterocycles. The third kappa shape index (κ3) is 5.59. The van der Waals surface area contributed by atoms with Crippen LogP contribution in [0.1, 0.15) is 48.6 Å². The molecule has 2 heterocycles. The first-order valence-corrected chi connectivity index (χ1v) is 23.2. The van der Waals surface area contributed by atoms with Crippen LogP contribution in [0.3, 0.4) is 0 Å². The van der Waals surface area contributed by atoms with Crippen molar-refractivity contribution in [1.82, 2.24) is 15.0 Å². The molecule has 290 valence electrons. The Hall–Kier alpha value is -7.01. The summed E-state index contributed by atoms with van der Waals surface area (Å²) < 4.78 is 38.4. The number of nitrogens with zero attached hydrogens (tertiary/aromatic N) is 3. The summed E-state index contributed by atoms with van der Waals surface area (Å²) >= 11 is 0. The van der Waals surface area contributed by atoms with E-state index in [0.717, 1.165) is 50.1 Å². The van der Waals surface area contributed by atoms with Gasteiger partial charge in [-0.05, 0) is 84.1 Å².